The molecule has 0 spiro atoms. The summed E-state index contributed by atoms with van der Waals surface area (Å²) in [5.41, 5.74) is 0.560. The number of likely N-dealkylation sites (N-methyl/N-ethyl adjacent to an activating group) is 1. The van der Waals surface area contributed by atoms with Crippen LogP contribution in [0.3, 0.4) is 0 Å². The van der Waals surface area contributed by atoms with E-state index in [2.05, 4.69) is 0 Å². The van der Waals surface area contributed by atoms with Crippen LogP contribution in [0.5, 0.6) is 0 Å². The number of hydrogen-bond acceptors (Lipinski definition) is 4. The number of amides is 1. The molecule has 1 amide bonds. The van der Waals surface area contributed by atoms with Crippen molar-refractivity contribution in [2.75, 3.05) is 7.05 Å². The van der Waals surface area contributed by atoms with Gasteiger partial charge in [0.25, 0.3) is 0 Å². The van der Waals surface area contributed by atoms with E-state index in [0.717, 1.165) is 5.39 Å². The molecule has 1 atom stereocenters. The van der Waals surface area contributed by atoms with Crippen molar-refractivity contribution in [2.45, 2.75) is 39.3 Å². The van der Waals surface area contributed by atoms with Crippen LogP contribution in [-0.2, 0) is 4.74 Å². The van der Waals surface area contributed by atoms with Crippen LogP contribution < -0.4 is 0 Å². The van der Waals surface area contributed by atoms with Crippen molar-refractivity contribution in [3.63, 3.8) is 0 Å². The second kappa shape index (κ2) is 5.83. The van der Waals surface area contributed by atoms with E-state index in [1.807, 2.05) is 12.1 Å². The maximum atomic E-state index is 12.5. The third-order valence-electron chi connectivity index (χ3n) is 3.38. The topological polar surface area (TPSA) is 59.8 Å². The van der Waals surface area contributed by atoms with Crippen LogP contribution in [0.4, 0.5) is 4.79 Å². The molecule has 1 heterocycles. The first-order chi connectivity index (χ1) is 10.2. The molecule has 0 aliphatic rings. The molecule has 0 bridgehead atoms. The van der Waals surface area contributed by atoms with Gasteiger partial charge in [-0.05, 0) is 39.8 Å². The van der Waals surface area contributed by atoms with E-state index in [4.69, 9.17) is 9.15 Å². The zero-order chi connectivity index (χ0) is 16.5. The van der Waals surface area contributed by atoms with E-state index in [1.165, 1.54) is 4.90 Å². The van der Waals surface area contributed by atoms with Crippen LogP contribution in [0.1, 0.15) is 38.1 Å². The molecule has 0 N–H and O–H groups in total. The van der Waals surface area contributed by atoms with E-state index >= 15 is 0 Å². The maximum absolute atomic E-state index is 12.5. The number of nitrogens with zero attached hydrogens (tertiary/aromatic N) is 1. The summed E-state index contributed by atoms with van der Waals surface area (Å²) < 4.78 is 10.6. The Hall–Kier alpha value is -2.30. The molecular weight excluding hydrogens is 282 g/mol. The third-order valence-corrected chi connectivity index (χ3v) is 3.38. The number of ether oxygens (including phenoxy) is 1. The predicted molar refractivity (Wildman–Crippen MR) is 84.0 cm³/mol. The molecule has 1 aromatic heterocycles. The van der Waals surface area contributed by atoms with Crippen molar-refractivity contribution >= 4 is 22.8 Å². The fourth-order valence-corrected chi connectivity index (χ4v) is 2.02. The Morgan fingerprint density at radius 2 is 1.91 bits per heavy atom. The zero-order valence-electron chi connectivity index (χ0n) is 13.5. The zero-order valence-corrected chi connectivity index (χ0v) is 13.5. The van der Waals surface area contributed by atoms with Gasteiger partial charge < -0.3 is 14.1 Å². The number of ketones is 1. The molecule has 0 unspecified atom stereocenters. The minimum Gasteiger partial charge on any atom is -0.464 e. The Morgan fingerprint density at radius 1 is 1.23 bits per heavy atom. The average Bonchev–Trinajstić information content (AvgIpc) is 2.90. The number of carbonyl (C=O) groups is 2. The van der Waals surface area contributed by atoms with E-state index in [0.29, 0.717) is 11.1 Å². The largest absolute Gasteiger partial charge is 0.464 e. The molecule has 2 aromatic rings. The SMILES string of the molecule is C[C@H](C(=O)c1ccc2ccoc2c1)N(C)C(=O)OC(C)(C)C. The number of furan rings is 1. The molecule has 22 heavy (non-hydrogen) atoms. The van der Waals surface area contributed by atoms with E-state index in [-0.39, 0.29) is 5.78 Å². The number of hydrogen-bond donors (Lipinski definition) is 0. The van der Waals surface area contributed by atoms with Crippen molar-refractivity contribution in [3.8, 4) is 0 Å². The summed E-state index contributed by atoms with van der Waals surface area (Å²) >= 11 is 0. The smallest absolute Gasteiger partial charge is 0.410 e. The summed E-state index contributed by atoms with van der Waals surface area (Å²) in [5.74, 6) is -0.161. The molecule has 118 valence electrons. The third kappa shape index (κ3) is 3.47. The van der Waals surface area contributed by atoms with Gasteiger partial charge in [0.15, 0.2) is 5.78 Å². The number of Topliss-reactive ketones (excluding diaryl/α,β-unsaturated/α-hetero) is 1. The van der Waals surface area contributed by atoms with Crippen molar-refractivity contribution in [2.24, 2.45) is 0 Å². The fraction of sp³-hybridized carbons (Fsp3) is 0.412. The quantitative estimate of drug-likeness (QED) is 0.808. The van der Waals surface area contributed by atoms with Crippen LogP contribution in [-0.4, -0.2) is 35.5 Å². The molecule has 0 radical (unpaired) electrons. The molecule has 0 saturated carbocycles. The Labute approximate surface area is 129 Å². The highest BCUT2D eigenvalue weighted by molar-refractivity contribution is 6.03. The standard InChI is InChI=1S/C17H21NO4/c1-11(18(5)16(20)22-17(2,3)4)15(19)13-7-6-12-8-9-21-14(12)10-13/h6-11H,1-5H3/t11-/m1/s1. The highest BCUT2D eigenvalue weighted by Crippen LogP contribution is 2.19. The Balaban J connectivity index is 2.15. The number of fused-ring (bicyclic) bond motifs is 1. The summed E-state index contributed by atoms with van der Waals surface area (Å²) in [4.78, 5) is 25.9. The second-order valence-corrected chi connectivity index (χ2v) is 6.30. The summed E-state index contributed by atoms with van der Waals surface area (Å²) in [6, 6.07) is 6.46. The first-order valence-corrected chi connectivity index (χ1v) is 7.16. The van der Waals surface area contributed by atoms with E-state index in [9.17, 15) is 9.59 Å². The average molecular weight is 303 g/mol. The Morgan fingerprint density at radius 3 is 2.55 bits per heavy atom. The second-order valence-electron chi connectivity index (χ2n) is 6.30. The molecule has 5 heteroatoms. The molecular formula is C17H21NO4. The van der Waals surface area contributed by atoms with Crippen molar-refractivity contribution in [1.82, 2.24) is 4.90 Å². The molecule has 2 rings (SSSR count). The van der Waals surface area contributed by atoms with Crippen molar-refractivity contribution < 1.29 is 18.7 Å². The van der Waals surface area contributed by atoms with Crippen LogP contribution in [0.2, 0.25) is 0 Å². The molecule has 0 fully saturated rings. The van der Waals surface area contributed by atoms with Gasteiger partial charge in [0.1, 0.15) is 11.2 Å². The monoisotopic (exact) mass is 303 g/mol. The summed E-state index contributed by atoms with van der Waals surface area (Å²) in [6.07, 6.45) is 1.06. The van der Waals surface area contributed by atoms with Crippen molar-refractivity contribution in [3.05, 3.63) is 36.1 Å². The highest BCUT2D eigenvalue weighted by Gasteiger charge is 2.27. The number of benzene rings is 1. The highest BCUT2D eigenvalue weighted by atomic mass is 16.6. The van der Waals surface area contributed by atoms with Crippen LogP contribution in [0, 0.1) is 0 Å². The van der Waals surface area contributed by atoms with Gasteiger partial charge in [0.2, 0.25) is 0 Å². The minimum atomic E-state index is -0.623. The molecule has 5 nitrogen and oxygen atoms in total. The van der Waals surface area contributed by atoms with E-state index < -0.39 is 17.7 Å². The van der Waals surface area contributed by atoms with Gasteiger partial charge in [0.05, 0.1) is 12.3 Å². The van der Waals surface area contributed by atoms with Gasteiger partial charge in [-0.3, -0.25) is 4.79 Å². The van der Waals surface area contributed by atoms with E-state index in [1.54, 1.807) is 53.1 Å². The fourth-order valence-electron chi connectivity index (χ4n) is 2.02. The van der Waals surface area contributed by atoms with Gasteiger partial charge in [-0.2, -0.15) is 0 Å². The van der Waals surface area contributed by atoms with Crippen molar-refractivity contribution in [1.29, 1.82) is 0 Å². The summed E-state index contributed by atoms with van der Waals surface area (Å²) in [7, 11) is 1.56. The minimum absolute atomic E-state index is 0.161. The Kier molecular flexibility index (Phi) is 4.26. The first-order valence-electron chi connectivity index (χ1n) is 7.16. The lowest BCUT2D eigenvalue weighted by Gasteiger charge is -2.28. The predicted octanol–water partition coefficient (Wildman–Crippen LogP) is 3.87. The number of carbonyl (C=O) groups excluding carboxylic acids is 2. The van der Waals surface area contributed by atoms with Gasteiger partial charge >= 0.3 is 6.09 Å². The van der Waals surface area contributed by atoms with Crippen LogP contribution >= 0.6 is 0 Å². The first kappa shape index (κ1) is 16.1. The molecule has 1 aromatic carbocycles. The lowest BCUT2D eigenvalue weighted by atomic mass is 10.0. The van der Waals surface area contributed by atoms with Crippen LogP contribution in [0.15, 0.2) is 34.9 Å². The molecule has 0 aliphatic heterocycles. The Bertz CT molecular complexity index is 696. The van der Waals surface area contributed by atoms with Crippen LogP contribution in [0.25, 0.3) is 11.0 Å². The maximum Gasteiger partial charge on any atom is 0.410 e. The molecule has 0 saturated heterocycles. The summed E-state index contributed by atoms with van der Waals surface area (Å²) in [5, 5.41) is 0.935. The lowest BCUT2D eigenvalue weighted by molar-refractivity contribution is 0.0231. The number of rotatable bonds is 3. The normalized spacial score (nSPS) is 13.0. The van der Waals surface area contributed by atoms with Gasteiger partial charge in [-0.15, -0.1) is 0 Å². The van der Waals surface area contributed by atoms with Gasteiger partial charge in [-0.25, -0.2) is 4.79 Å². The van der Waals surface area contributed by atoms with Gasteiger partial charge in [-0.1, -0.05) is 12.1 Å². The lowest BCUT2D eigenvalue weighted by Crippen LogP contribution is -2.43. The van der Waals surface area contributed by atoms with Gasteiger partial charge in [0, 0.05) is 18.0 Å². The molecule has 0 aliphatic carbocycles. The summed E-state index contributed by atoms with van der Waals surface area (Å²) in [6.45, 7) is 7.04.